The van der Waals surface area contributed by atoms with E-state index in [9.17, 15) is 0 Å². The van der Waals surface area contributed by atoms with Crippen LogP contribution in [0.1, 0.15) is 13.8 Å². The van der Waals surface area contributed by atoms with E-state index < -0.39 is 0 Å². The van der Waals surface area contributed by atoms with E-state index in [1.165, 1.54) is 20.7 Å². The Bertz CT molecular complexity index is 297. The average molecular weight is 204 g/mol. The van der Waals surface area contributed by atoms with Gasteiger partial charge in [0, 0.05) is 6.21 Å². The monoisotopic (exact) mass is 204 g/mol. The molecule has 1 heterocycles. The molecule has 0 bridgehead atoms. The zero-order valence-electron chi connectivity index (χ0n) is 6.27. The van der Waals surface area contributed by atoms with E-state index in [0.29, 0.717) is 9.87 Å². The molecule has 0 aliphatic heterocycles. The van der Waals surface area contributed by atoms with Gasteiger partial charge in [-0.1, -0.05) is 13.8 Å². The number of aliphatic imine (C=N–C) groups is 1. The first-order chi connectivity index (χ1) is 5.18. The molecular weight excluding hydrogens is 196 g/mol. The summed E-state index contributed by atoms with van der Waals surface area (Å²) in [5.74, 6) is 0.470. The van der Waals surface area contributed by atoms with Gasteiger partial charge >= 0.3 is 0 Å². The Morgan fingerprint density at radius 2 is 2.27 bits per heavy atom. The van der Waals surface area contributed by atoms with Crippen LogP contribution in [0.2, 0.25) is 0 Å². The maximum atomic E-state index is 4.86. The third-order valence-corrected chi connectivity index (χ3v) is 3.35. The van der Waals surface area contributed by atoms with Crippen molar-refractivity contribution in [1.29, 1.82) is 0 Å². The van der Waals surface area contributed by atoms with Crippen LogP contribution in [-0.2, 0) is 0 Å². The second-order valence-corrected chi connectivity index (χ2v) is 5.08. The molecular formula is C6H8N2S3. The Kier molecular flexibility index (Phi) is 3.29. The first-order valence-corrected chi connectivity index (χ1v) is 5.75. The Hall–Kier alpha value is -0.130. The van der Waals surface area contributed by atoms with Gasteiger partial charge in [0.1, 0.15) is 0 Å². The molecule has 0 saturated heterocycles. The summed E-state index contributed by atoms with van der Waals surface area (Å²) >= 11 is 4.86. The topological polar surface area (TPSA) is 25.2 Å². The number of hydrogen-bond donors (Lipinski definition) is 0. The fraction of sp³-hybridized carbons (Fsp3) is 0.500. The van der Waals surface area contributed by atoms with Gasteiger partial charge in [-0.25, -0.2) is 4.99 Å². The van der Waals surface area contributed by atoms with Crippen molar-refractivity contribution in [2.75, 3.05) is 0 Å². The molecule has 2 nitrogen and oxygen atoms in total. The summed E-state index contributed by atoms with van der Waals surface area (Å²) in [7, 11) is 3.01. The molecule has 11 heavy (non-hydrogen) atoms. The summed E-state index contributed by atoms with van der Waals surface area (Å²) in [6.07, 6.45) is 1.88. The van der Waals surface area contributed by atoms with Gasteiger partial charge in [0.25, 0.3) is 0 Å². The Morgan fingerprint density at radius 1 is 1.55 bits per heavy atom. The van der Waals surface area contributed by atoms with E-state index in [0.717, 1.165) is 5.13 Å². The summed E-state index contributed by atoms with van der Waals surface area (Å²) in [6.45, 7) is 4.16. The van der Waals surface area contributed by atoms with Gasteiger partial charge in [-0.15, -0.1) is 0 Å². The zero-order chi connectivity index (χ0) is 8.27. The predicted molar refractivity (Wildman–Crippen MR) is 53.8 cm³/mol. The van der Waals surface area contributed by atoms with Crippen LogP contribution in [-0.4, -0.2) is 11.2 Å². The maximum Gasteiger partial charge on any atom is 0.220 e. The number of nitrogens with zero attached hydrogens (tertiary/aromatic N) is 2. The lowest BCUT2D eigenvalue weighted by Gasteiger charge is -1.88. The summed E-state index contributed by atoms with van der Waals surface area (Å²) in [5.41, 5.74) is 0. The van der Waals surface area contributed by atoms with Crippen LogP contribution in [0, 0.1) is 9.87 Å². The minimum atomic E-state index is 0.470. The maximum absolute atomic E-state index is 4.86. The Balaban J connectivity index is 2.72. The molecule has 60 valence electrons. The zero-order valence-corrected chi connectivity index (χ0v) is 8.72. The molecule has 1 aromatic rings. The second kappa shape index (κ2) is 4.04. The van der Waals surface area contributed by atoms with Crippen molar-refractivity contribution in [3.63, 3.8) is 0 Å². The quantitative estimate of drug-likeness (QED) is 0.419. The molecule has 0 saturated carbocycles. The smallest absolute Gasteiger partial charge is 0.220 e. The molecule has 0 fully saturated rings. The fourth-order valence-electron chi connectivity index (χ4n) is 0.451. The summed E-state index contributed by atoms with van der Waals surface area (Å²) in [4.78, 5) is 8.19. The molecule has 1 rings (SSSR count). The van der Waals surface area contributed by atoms with Crippen molar-refractivity contribution in [3.05, 3.63) is 3.95 Å². The van der Waals surface area contributed by atoms with Crippen molar-refractivity contribution in [2.45, 2.75) is 13.8 Å². The minimum Gasteiger partial charge on any atom is -0.231 e. The normalized spacial score (nSPS) is 11.5. The van der Waals surface area contributed by atoms with E-state index in [1.54, 1.807) is 0 Å². The highest BCUT2D eigenvalue weighted by molar-refractivity contribution is 7.79. The van der Waals surface area contributed by atoms with Crippen molar-refractivity contribution >= 4 is 44.2 Å². The van der Waals surface area contributed by atoms with Crippen LogP contribution in [0.5, 0.6) is 0 Å². The van der Waals surface area contributed by atoms with Gasteiger partial charge < -0.3 is 0 Å². The van der Waals surface area contributed by atoms with Crippen LogP contribution >= 0.6 is 32.9 Å². The predicted octanol–water partition coefficient (Wildman–Crippen LogP) is 3.29. The van der Waals surface area contributed by atoms with Crippen molar-refractivity contribution < 1.29 is 0 Å². The SMILES string of the molecule is CC(C)/C=N/c1nc(=S)ss1. The van der Waals surface area contributed by atoms with Crippen LogP contribution < -0.4 is 0 Å². The summed E-state index contributed by atoms with van der Waals surface area (Å²) in [6, 6.07) is 0. The summed E-state index contributed by atoms with van der Waals surface area (Å²) < 4.78 is 0.672. The lowest BCUT2D eigenvalue weighted by Crippen LogP contribution is -1.84. The van der Waals surface area contributed by atoms with Gasteiger partial charge in [-0.2, -0.15) is 4.98 Å². The van der Waals surface area contributed by atoms with Crippen molar-refractivity contribution in [1.82, 2.24) is 4.98 Å². The Morgan fingerprint density at radius 3 is 2.73 bits per heavy atom. The van der Waals surface area contributed by atoms with Gasteiger partial charge in [-0.3, -0.25) is 0 Å². The van der Waals surface area contributed by atoms with Crippen LogP contribution in [0.15, 0.2) is 4.99 Å². The first-order valence-electron chi connectivity index (χ1n) is 3.20. The van der Waals surface area contributed by atoms with E-state index in [1.807, 2.05) is 6.21 Å². The molecule has 0 aromatic carbocycles. The third kappa shape index (κ3) is 3.18. The molecule has 5 heteroatoms. The van der Waals surface area contributed by atoms with Gasteiger partial charge in [0.15, 0.2) is 3.95 Å². The van der Waals surface area contributed by atoms with Crippen LogP contribution in [0.3, 0.4) is 0 Å². The van der Waals surface area contributed by atoms with Crippen LogP contribution in [0.4, 0.5) is 5.13 Å². The molecule has 0 radical (unpaired) electrons. The van der Waals surface area contributed by atoms with E-state index in [-0.39, 0.29) is 0 Å². The van der Waals surface area contributed by atoms with Crippen LogP contribution in [0.25, 0.3) is 0 Å². The number of aromatic nitrogens is 1. The highest BCUT2D eigenvalue weighted by Gasteiger charge is 1.92. The first kappa shape index (κ1) is 8.96. The molecule has 0 aliphatic carbocycles. The molecule has 0 amide bonds. The lowest BCUT2D eigenvalue weighted by molar-refractivity contribution is 0.907. The van der Waals surface area contributed by atoms with Gasteiger partial charge in [-0.05, 0) is 38.8 Å². The van der Waals surface area contributed by atoms with Crippen molar-refractivity contribution in [2.24, 2.45) is 10.9 Å². The molecule has 0 N–H and O–H groups in total. The molecule has 0 spiro atoms. The largest absolute Gasteiger partial charge is 0.231 e. The molecule has 0 aliphatic rings. The molecule has 1 aromatic heterocycles. The van der Waals surface area contributed by atoms with Gasteiger partial charge in [0.05, 0.1) is 0 Å². The van der Waals surface area contributed by atoms with Crippen molar-refractivity contribution in [3.8, 4) is 0 Å². The fourth-order valence-corrected chi connectivity index (χ4v) is 2.25. The third-order valence-electron chi connectivity index (χ3n) is 0.858. The molecule has 0 atom stereocenters. The summed E-state index contributed by atoms with van der Waals surface area (Å²) in [5, 5.41) is 0.772. The Labute approximate surface area is 78.0 Å². The highest BCUT2D eigenvalue weighted by atomic mass is 32.9. The number of rotatable bonds is 2. The van der Waals surface area contributed by atoms with E-state index >= 15 is 0 Å². The lowest BCUT2D eigenvalue weighted by atomic mass is 10.3. The second-order valence-electron chi connectivity index (χ2n) is 2.35. The van der Waals surface area contributed by atoms with Gasteiger partial charge in [0.2, 0.25) is 5.13 Å². The standard InChI is InChI=1S/C6H8N2S3/c1-4(2)3-7-5-8-6(9)11-10-5/h3-4H,1-2H3/b7-3+. The van der Waals surface area contributed by atoms with E-state index in [4.69, 9.17) is 12.2 Å². The highest BCUT2D eigenvalue weighted by Crippen LogP contribution is 2.21. The average Bonchev–Trinajstić information content (AvgIpc) is 2.31. The van der Waals surface area contributed by atoms with E-state index in [2.05, 4.69) is 23.8 Å². The number of hydrogen-bond acceptors (Lipinski definition) is 5. The molecule has 0 unspecified atom stereocenters. The minimum absolute atomic E-state index is 0.470.